The first-order valence-corrected chi connectivity index (χ1v) is 17.5. The van der Waals surface area contributed by atoms with Crippen LogP contribution >= 0.6 is 11.6 Å². The third-order valence-corrected chi connectivity index (χ3v) is 9.27. The lowest BCUT2D eigenvalue weighted by atomic mass is 9.79. The summed E-state index contributed by atoms with van der Waals surface area (Å²) in [5.74, 6) is 6.48. The van der Waals surface area contributed by atoms with Crippen molar-refractivity contribution in [2.24, 2.45) is 0 Å². The average Bonchev–Trinajstić information content (AvgIpc) is 3.99. The molecule has 0 saturated carbocycles. The summed E-state index contributed by atoms with van der Waals surface area (Å²) in [6.07, 6.45) is 0.767. The maximum atomic E-state index is 8.73. The molecular formula is C41H44BClN2O10. The van der Waals surface area contributed by atoms with Crippen LogP contribution in [0.3, 0.4) is 0 Å². The number of methoxy groups -OCH3 is 2. The zero-order valence-electron chi connectivity index (χ0n) is 30.8. The van der Waals surface area contributed by atoms with Gasteiger partial charge in [0.2, 0.25) is 13.6 Å². The van der Waals surface area contributed by atoms with Crippen molar-refractivity contribution in [3.63, 3.8) is 0 Å². The predicted octanol–water partition coefficient (Wildman–Crippen LogP) is 7.72. The molecule has 4 heterocycles. The van der Waals surface area contributed by atoms with Crippen molar-refractivity contribution >= 4 is 24.2 Å². The summed E-state index contributed by atoms with van der Waals surface area (Å²) >= 11 is 5.89. The highest BCUT2D eigenvalue weighted by Gasteiger charge is 2.21. The van der Waals surface area contributed by atoms with Gasteiger partial charge in [0.15, 0.2) is 23.0 Å². The quantitative estimate of drug-likeness (QED) is 0.115. The fraction of sp³-hybridized carbons (Fsp3) is 0.268. The molecule has 12 nitrogen and oxygen atoms in total. The molecule has 288 valence electrons. The molecule has 0 bridgehead atoms. The predicted molar refractivity (Wildman–Crippen MR) is 210 cm³/mol. The molecule has 8 rings (SSSR count). The number of rotatable bonds is 8. The van der Waals surface area contributed by atoms with Gasteiger partial charge in [-0.05, 0) is 98.5 Å². The molecule has 0 fully saturated rings. The SMILES string of the molecule is C.COc1ccc(CCl)cc1-c1ccc2c(c1)OCO2.COc1ccc(Cc2c(C)noc2C)cc1-c1ccc2c(c1)OCO2.Cc1noc(C)c1B(O)O. The van der Waals surface area contributed by atoms with Gasteiger partial charge in [0, 0.05) is 34.5 Å². The van der Waals surface area contributed by atoms with Crippen molar-refractivity contribution in [3.8, 4) is 56.8 Å². The number of alkyl halides is 1. The topological polar surface area (TPSA) is 148 Å². The van der Waals surface area contributed by atoms with Gasteiger partial charge < -0.3 is 47.5 Å². The molecule has 14 heteroatoms. The van der Waals surface area contributed by atoms with Crippen molar-refractivity contribution in [2.75, 3.05) is 27.8 Å². The maximum Gasteiger partial charge on any atom is 0.494 e. The largest absolute Gasteiger partial charge is 0.496 e. The molecule has 0 radical (unpaired) electrons. The van der Waals surface area contributed by atoms with Crippen LogP contribution in [-0.4, -0.2) is 55.3 Å². The van der Waals surface area contributed by atoms with Gasteiger partial charge in [0.1, 0.15) is 23.0 Å². The van der Waals surface area contributed by atoms with Crippen LogP contribution in [-0.2, 0) is 12.3 Å². The summed E-state index contributed by atoms with van der Waals surface area (Å²) in [4.78, 5) is 0. The number of fused-ring (bicyclic) bond motifs is 2. The van der Waals surface area contributed by atoms with E-state index in [1.807, 2.05) is 74.5 Å². The van der Waals surface area contributed by atoms with Gasteiger partial charge >= 0.3 is 7.12 Å². The van der Waals surface area contributed by atoms with E-state index in [1.165, 1.54) is 5.56 Å². The lowest BCUT2D eigenvalue weighted by Crippen LogP contribution is -2.32. The monoisotopic (exact) mass is 770 g/mol. The number of ether oxygens (including phenoxy) is 6. The molecule has 6 aromatic rings. The summed E-state index contributed by atoms with van der Waals surface area (Å²) in [6.45, 7) is 7.74. The van der Waals surface area contributed by atoms with Crippen LogP contribution in [0.5, 0.6) is 34.5 Å². The summed E-state index contributed by atoms with van der Waals surface area (Å²) in [5.41, 5.74) is 9.23. The van der Waals surface area contributed by atoms with Crippen molar-refractivity contribution in [3.05, 3.63) is 112 Å². The minimum Gasteiger partial charge on any atom is -0.496 e. The van der Waals surface area contributed by atoms with E-state index in [4.69, 9.17) is 54.6 Å². The molecule has 0 amide bonds. The van der Waals surface area contributed by atoms with Gasteiger partial charge in [0.25, 0.3) is 0 Å². The summed E-state index contributed by atoms with van der Waals surface area (Å²) in [5, 5.41) is 25.0. The van der Waals surface area contributed by atoms with Crippen molar-refractivity contribution in [1.29, 1.82) is 0 Å². The Balaban J connectivity index is 0.000000171. The number of nitrogens with zero attached hydrogens (tertiary/aromatic N) is 2. The molecule has 2 aliphatic heterocycles. The molecular weight excluding hydrogens is 727 g/mol. The molecule has 0 aliphatic carbocycles. The van der Waals surface area contributed by atoms with Gasteiger partial charge in [0.05, 0.1) is 25.6 Å². The van der Waals surface area contributed by atoms with E-state index in [0.29, 0.717) is 22.8 Å². The summed E-state index contributed by atoms with van der Waals surface area (Å²) in [6, 6.07) is 23.9. The zero-order chi connectivity index (χ0) is 38.4. The fourth-order valence-corrected chi connectivity index (χ4v) is 6.27. The molecule has 0 unspecified atom stereocenters. The van der Waals surface area contributed by atoms with E-state index in [9.17, 15) is 0 Å². The second kappa shape index (κ2) is 18.1. The van der Waals surface area contributed by atoms with Crippen molar-refractivity contribution in [1.82, 2.24) is 10.3 Å². The number of halogens is 1. The molecule has 0 atom stereocenters. The van der Waals surface area contributed by atoms with Gasteiger partial charge in [-0.25, -0.2) is 0 Å². The normalized spacial score (nSPS) is 11.8. The number of aryl methyl sites for hydroxylation is 4. The lowest BCUT2D eigenvalue weighted by Gasteiger charge is -2.12. The van der Waals surface area contributed by atoms with E-state index in [-0.39, 0.29) is 21.0 Å². The van der Waals surface area contributed by atoms with E-state index in [0.717, 1.165) is 85.8 Å². The highest BCUT2D eigenvalue weighted by Crippen LogP contribution is 2.40. The average molecular weight is 771 g/mol. The summed E-state index contributed by atoms with van der Waals surface area (Å²) in [7, 11) is 1.86. The van der Waals surface area contributed by atoms with Crippen LogP contribution in [0, 0.1) is 27.7 Å². The van der Waals surface area contributed by atoms with E-state index in [2.05, 4.69) is 27.0 Å². The number of hydrogen-bond acceptors (Lipinski definition) is 12. The molecule has 4 aromatic carbocycles. The van der Waals surface area contributed by atoms with Crippen LogP contribution in [0.1, 0.15) is 47.0 Å². The first-order chi connectivity index (χ1) is 26.1. The van der Waals surface area contributed by atoms with Gasteiger partial charge in [-0.2, -0.15) is 0 Å². The number of hydrogen-bond donors (Lipinski definition) is 2. The van der Waals surface area contributed by atoms with Crippen LogP contribution in [0.2, 0.25) is 0 Å². The lowest BCUT2D eigenvalue weighted by molar-refractivity contribution is 0.173. The third kappa shape index (κ3) is 9.19. The Hall–Kier alpha value is -5.63. The Bertz CT molecular complexity index is 2200. The highest BCUT2D eigenvalue weighted by atomic mass is 35.5. The minimum atomic E-state index is -1.48. The smallest absolute Gasteiger partial charge is 0.494 e. The first kappa shape index (κ1) is 40.6. The van der Waals surface area contributed by atoms with Gasteiger partial charge in [-0.3, -0.25) is 0 Å². The first-order valence-electron chi connectivity index (χ1n) is 17.0. The zero-order valence-corrected chi connectivity index (χ0v) is 31.5. The molecule has 0 spiro atoms. The van der Waals surface area contributed by atoms with Crippen LogP contribution < -0.4 is 33.9 Å². The third-order valence-electron chi connectivity index (χ3n) is 8.96. The fourth-order valence-electron chi connectivity index (χ4n) is 6.10. The Morgan fingerprint density at radius 2 is 1.13 bits per heavy atom. The van der Waals surface area contributed by atoms with E-state index < -0.39 is 7.12 Å². The van der Waals surface area contributed by atoms with E-state index >= 15 is 0 Å². The molecule has 55 heavy (non-hydrogen) atoms. The van der Waals surface area contributed by atoms with Crippen LogP contribution in [0.4, 0.5) is 0 Å². The number of benzene rings is 4. The Kier molecular flexibility index (Phi) is 13.4. The molecule has 2 aromatic heterocycles. The maximum absolute atomic E-state index is 8.73. The standard InChI is InChI=1S/C20H19NO4.C15H13ClO3.C5H8BNO3.CH4/c1-12-16(13(2)25-21-12)8-14-4-6-18(22-3)17(9-14)15-5-7-19-20(10-15)24-11-23-19;1-17-13-4-2-10(8-16)6-12(13)11-3-5-14-15(7-11)19-9-18-14;1-3-5(6(8)9)4(2)10-7-3;/h4-7,9-10H,8,11H2,1-3H3;2-7H,8-9H2,1H3;8-9H,1-2H3;1H4. The molecule has 0 saturated heterocycles. The van der Waals surface area contributed by atoms with Crippen molar-refractivity contribution in [2.45, 2.75) is 47.4 Å². The Morgan fingerprint density at radius 3 is 1.56 bits per heavy atom. The van der Waals surface area contributed by atoms with Crippen molar-refractivity contribution < 1.29 is 47.5 Å². The highest BCUT2D eigenvalue weighted by molar-refractivity contribution is 6.59. The Labute approximate surface area is 325 Å². The molecule has 2 N–H and O–H groups in total. The molecule has 2 aliphatic rings. The van der Waals surface area contributed by atoms with Crippen LogP contribution in [0.25, 0.3) is 22.3 Å². The number of aromatic nitrogens is 2. The van der Waals surface area contributed by atoms with E-state index in [1.54, 1.807) is 28.1 Å². The second-order valence-electron chi connectivity index (χ2n) is 12.4. The van der Waals surface area contributed by atoms with Gasteiger partial charge in [-0.15, -0.1) is 11.6 Å². The minimum absolute atomic E-state index is 0. The van der Waals surface area contributed by atoms with Gasteiger partial charge in [-0.1, -0.05) is 42.0 Å². The second-order valence-corrected chi connectivity index (χ2v) is 12.7. The Morgan fingerprint density at radius 1 is 0.636 bits per heavy atom. The van der Waals surface area contributed by atoms with Crippen LogP contribution in [0.15, 0.2) is 81.8 Å². The summed E-state index contributed by atoms with van der Waals surface area (Å²) < 4.78 is 42.5.